The third kappa shape index (κ3) is 3.58. The molecule has 0 radical (unpaired) electrons. The number of hydrogen-bond acceptors (Lipinski definition) is 3. The number of ether oxygens (including phenoxy) is 1. The Kier molecular flexibility index (Phi) is 4.13. The Bertz CT molecular complexity index is 293. The highest BCUT2D eigenvalue weighted by molar-refractivity contribution is 5.72. The lowest BCUT2D eigenvalue weighted by atomic mass is 10.2. The van der Waals surface area contributed by atoms with E-state index in [9.17, 15) is 4.79 Å². The molecule has 1 aromatic carbocycles. The number of aryl methyl sites for hydroxylation is 1. The highest BCUT2D eigenvalue weighted by Gasteiger charge is 2.02. The van der Waals surface area contributed by atoms with E-state index in [2.05, 4.69) is 0 Å². The molecule has 0 bridgehead atoms. The third-order valence-corrected chi connectivity index (χ3v) is 1.84. The second-order valence-electron chi connectivity index (χ2n) is 3.18. The molecule has 3 nitrogen and oxygen atoms in total. The van der Waals surface area contributed by atoms with E-state index < -0.39 is 0 Å². The monoisotopic (exact) mass is 193 g/mol. The average Bonchev–Trinajstić information content (AvgIpc) is 2.18. The van der Waals surface area contributed by atoms with E-state index in [0.717, 1.165) is 5.56 Å². The minimum Gasteiger partial charge on any atom is -0.427 e. The predicted molar refractivity (Wildman–Crippen MR) is 55.1 cm³/mol. The molecular formula is C11H15NO2. The molecule has 0 aliphatic carbocycles. The van der Waals surface area contributed by atoms with Crippen LogP contribution in [0.5, 0.6) is 5.75 Å². The zero-order chi connectivity index (χ0) is 10.4. The second kappa shape index (κ2) is 5.40. The number of esters is 1. The van der Waals surface area contributed by atoms with Gasteiger partial charge in [-0.1, -0.05) is 17.7 Å². The molecule has 14 heavy (non-hydrogen) atoms. The molecule has 0 fully saturated rings. The summed E-state index contributed by atoms with van der Waals surface area (Å²) >= 11 is 0. The summed E-state index contributed by atoms with van der Waals surface area (Å²) < 4.78 is 5.08. The van der Waals surface area contributed by atoms with E-state index in [1.807, 2.05) is 19.1 Å². The normalized spacial score (nSPS) is 9.86. The maximum absolute atomic E-state index is 11.2. The molecule has 76 valence electrons. The molecule has 0 unspecified atom stereocenters. The fourth-order valence-electron chi connectivity index (χ4n) is 1.04. The summed E-state index contributed by atoms with van der Waals surface area (Å²) in [5, 5.41) is 0. The van der Waals surface area contributed by atoms with Crippen LogP contribution in [-0.2, 0) is 4.79 Å². The number of hydrogen-bond donors (Lipinski definition) is 1. The van der Waals surface area contributed by atoms with Gasteiger partial charge >= 0.3 is 5.97 Å². The van der Waals surface area contributed by atoms with Gasteiger partial charge in [0, 0.05) is 6.42 Å². The first-order valence-electron chi connectivity index (χ1n) is 4.70. The predicted octanol–water partition coefficient (Wildman–Crippen LogP) is 1.64. The Hall–Kier alpha value is -1.35. The molecule has 0 aliphatic rings. The second-order valence-corrected chi connectivity index (χ2v) is 3.18. The molecule has 2 N–H and O–H groups in total. The minimum absolute atomic E-state index is 0.223. The van der Waals surface area contributed by atoms with Gasteiger partial charge in [0.1, 0.15) is 5.75 Å². The fourth-order valence-corrected chi connectivity index (χ4v) is 1.04. The number of carbonyl (C=O) groups is 1. The molecule has 0 saturated carbocycles. The molecule has 1 rings (SSSR count). The first-order valence-corrected chi connectivity index (χ1v) is 4.70. The topological polar surface area (TPSA) is 52.3 Å². The zero-order valence-electron chi connectivity index (χ0n) is 8.32. The van der Waals surface area contributed by atoms with Crippen molar-refractivity contribution in [2.24, 2.45) is 5.73 Å². The van der Waals surface area contributed by atoms with Crippen LogP contribution < -0.4 is 10.5 Å². The number of benzene rings is 1. The van der Waals surface area contributed by atoms with Gasteiger partial charge in [0.05, 0.1) is 0 Å². The Morgan fingerprint density at radius 1 is 1.36 bits per heavy atom. The lowest BCUT2D eigenvalue weighted by Crippen LogP contribution is -2.10. The number of carbonyl (C=O) groups excluding carboxylic acids is 1. The van der Waals surface area contributed by atoms with Crippen LogP contribution in [-0.4, -0.2) is 12.5 Å². The van der Waals surface area contributed by atoms with Gasteiger partial charge in [0.2, 0.25) is 0 Å². The Morgan fingerprint density at radius 2 is 2.00 bits per heavy atom. The van der Waals surface area contributed by atoms with Gasteiger partial charge in [-0.15, -0.1) is 0 Å². The molecule has 0 aromatic heterocycles. The molecule has 0 amide bonds. The van der Waals surface area contributed by atoms with Crippen molar-refractivity contribution in [1.82, 2.24) is 0 Å². The number of rotatable bonds is 4. The van der Waals surface area contributed by atoms with Gasteiger partial charge in [-0.2, -0.15) is 0 Å². The Morgan fingerprint density at radius 3 is 2.57 bits per heavy atom. The van der Waals surface area contributed by atoms with Crippen LogP contribution in [0, 0.1) is 6.92 Å². The van der Waals surface area contributed by atoms with Crippen molar-refractivity contribution in [2.45, 2.75) is 19.8 Å². The smallest absolute Gasteiger partial charge is 0.311 e. The highest BCUT2D eigenvalue weighted by Crippen LogP contribution is 2.12. The van der Waals surface area contributed by atoms with Gasteiger partial charge in [0.25, 0.3) is 0 Å². The van der Waals surface area contributed by atoms with Crippen molar-refractivity contribution < 1.29 is 9.53 Å². The molecule has 0 aliphatic heterocycles. The quantitative estimate of drug-likeness (QED) is 0.584. The van der Waals surface area contributed by atoms with Crippen molar-refractivity contribution >= 4 is 5.97 Å². The first kappa shape index (κ1) is 10.7. The number of nitrogens with two attached hydrogens (primary N) is 1. The van der Waals surface area contributed by atoms with E-state index in [0.29, 0.717) is 25.1 Å². The Balaban J connectivity index is 2.44. The van der Waals surface area contributed by atoms with Crippen molar-refractivity contribution in [3.05, 3.63) is 29.8 Å². The molecule has 3 heteroatoms. The summed E-state index contributed by atoms with van der Waals surface area (Å²) in [6, 6.07) is 7.39. The van der Waals surface area contributed by atoms with Crippen LogP contribution in [0.25, 0.3) is 0 Å². The summed E-state index contributed by atoms with van der Waals surface area (Å²) in [6.07, 6.45) is 1.05. The SMILES string of the molecule is Cc1ccc(OC(=O)CCCN)cc1. The van der Waals surface area contributed by atoms with Crippen LogP contribution >= 0.6 is 0 Å². The van der Waals surface area contributed by atoms with Crippen LogP contribution in [0.15, 0.2) is 24.3 Å². The van der Waals surface area contributed by atoms with Gasteiger partial charge < -0.3 is 10.5 Å². The summed E-state index contributed by atoms with van der Waals surface area (Å²) in [5.74, 6) is 0.372. The van der Waals surface area contributed by atoms with E-state index in [1.54, 1.807) is 12.1 Å². The molecule has 0 spiro atoms. The molecule has 0 heterocycles. The van der Waals surface area contributed by atoms with Crippen LogP contribution in [0.4, 0.5) is 0 Å². The Labute approximate surface area is 83.9 Å². The first-order chi connectivity index (χ1) is 6.72. The van der Waals surface area contributed by atoms with Crippen molar-refractivity contribution in [1.29, 1.82) is 0 Å². The molecule has 1 aromatic rings. The fraction of sp³-hybridized carbons (Fsp3) is 0.364. The average molecular weight is 193 g/mol. The van der Waals surface area contributed by atoms with Crippen LogP contribution in [0.2, 0.25) is 0 Å². The van der Waals surface area contributed by atoms with Gasteiger partial charge in [-0.25, -0.2) is 0 Å². The van der Waals surface area contributed by atoms with Crippen molar-refractivity contribution in [3.8, 4) is 5.75 Å². The summed E-state index contributed by atoms with van der Waals surface area (Å²) in [6.45, 7) is 2.50. The van der Waals surface area contributed by atoms with E-state index in [1.165, 1.54) is 0 Å². The maximum atomic E-state index is 11.2. The van der Waals surface area contributed by atoms with Crippen molar-refractivity contribution in [3.63, 3.8) is 0 Å². The van der Waals surface area contributed by atoms with Crippen LogP contribution in [0.1, 0.15) is 18.4 Å². The summed E-state index contributed by atoms with van der Waals surface area (Å²) in [5.41, 5.74) is 6.43. The molecule has 0 saturated heterocycles. The lowest BCUT2D eigenvalue weighted by molar-refractivity contribution is -0.134. The lowest BCUT2D eigenvalue weighted by Gasteiger charge is -2.03. The standard InChI is InChI=1S/C11H15NO2/c1-9-4-6-10(7-5-9)14-11(13)3-2-8-12/h4-7H,2-3,8,12H2,1H3. The summed E-state index contributed by atoms with van der Waals surface area (Å²) in [7, 11) is 0. The highest BCUT2D eigenvalue weighted by atomic mass is 16.5. The molecule has 0 atom stereocenters. The third-order valence-electron chi connectivity index (χ3n) is 1.84. The van der Waals surface area contributed by atoms with E-state index in [-0.39, 0.29) is 5.97 Å². The zero-order valence-corrected chi connectivity index (χ0v) is 8.32. The maximum Gasteiger partial charge on any atom is 0.311 e. The van der Waals surface area contributed by atoms with Crippen molar-refractivity contribution in [2.75, 3.05) is 6.54 Å². The van der Waals surface area contributed by atoms with Gasteiger partial charge in [0.15, 0.2) is 0 Å². The van der Waals surface area contributed by atoms with E-state index in [4.69, 9.17) is 10.5 Å². The minimum atomic E-state index is -0.223. The van der Waals surface area contributed by atoms with Gasteiger partial charge in [-0.05, 0) is 32.0 Å². The van der Waals surface area contributed by atoms with Gasteiger partial charge in [-0.3, -0.25) is 4.79 Å². The summed E-state index contributed by atoms with van der Waals surface area (Å²) in [4.78, 5) is 11.2. The largest absolute Gasteiger partial charge is 0.427 e. The van der Waals surface area contributed by atoms with E-state index >= 15 is 0 Å². The molecular weight excluding hydrogens is 178 g/mol. The van der Waals surface area contributed by atoms with Crippen LogP contribution in [0.3, 0.4) is 0 Å².